The maximum absolute atomic E-state index is 12.2. The van der Waals surface area contributed by atoms with Crippen LogP contribution in [0.1, 0.15) is 103 Å². The van der Waals surface area contributed by atoms with Crippen molar-refractivity contribution in [3.63, 3.8) is 0 Å². The number of thiol groups is 2. The van der Waals surface area contributed by atoms with E-state index in [4.69, 9.17) is 64.5 Å². The van der Waals surface area contributed by atoms with Crippen molar-refractivity contribution in [2.45, 2.75) is 110 Å². The first kappa shape index (κ1) is 106. The van der Waals surface area contributed by atoms with Gasteiger partial charge in [0.25, 0.3) is 0 Å². The first-order valence-corrected chi connectivity index (χ1v) is 52.9. The van der Waals surface area contributed by atoms with E-state index in [9.17, 15) is 46.8 Å². The fourth-order valence-electron chi connectivity index (χ4n) is 13.9. The number of rotatable bonds is 22. The Balaban J connectivity index is 0.000000238. The third-order valence-electron chi connectivity index (χ3n) is 19.8. The maximum atomic E-state index is 12.2. The Morgan fingerprint density at radius 1 is 0.448 bits per heavy atom. The van der Waals surface area contributed by atoms with E-state index in [1.807, 2.05) is 63.2 Å². The van der Waals surface area contributed by atoms with Gasteiger partial charge < -0.3 is 10.2 Å². The Morgan fingerprint density at radius 2 is 0.704 bits per heavy atom. The minimum atomic E-state index is -3.72. The number of imide groups is 4. The van der Waals surface area contributed by atoms with Crippen molar-refractivity contribution in [3.8, 4) is 0 Å². The number of nitrogens with zero attached hydrogens (tertiary/aromatic N) is 6. The van der Waals surface area contributed by atoms with E-state index < -0.39 is 36.7 Å². The Labute approximate surface area is 812 Å². The number of aryl methyl sites for hydroxylation is 7. The van der Waals surface area contributed by atoms with E-state index in [1.54, 1.807) is 43.5 Å². The molecule has 0 unspecified atom stereocenters. The van der Waals surface area contributed by atoms with E-state index in [1.165, 1.54) is 67.2 Å². The number of halogens is 5. The van der Waals surface area contributed by atoms with Crippen LogP contribution in [0, 0.1) is 32.6 Å². The van der Waals surface area contributed by atoms with Crippen LogP contribution in [0.2, 0.25) is 0 Å². The maximum Gasteiger partial charge on any atom is 1.00 e. The molecular weight excluding hydrogens is 1850 g/mol. The molecule has 0 atom stereocenters. The van der Waals surface area contributed by atoms with Crippen molar-refractivity contribution in [2.24, 2.45) is 10.3 Å². The standard InChI is InChI=1S/C31H29NO2SSi.C18H16SSi.C13H14ClNO4S.C13H15NO2S.C13H13NO2.C3H5Cl2N.Cl2O2S.K.HNO3/c1-24-23-26(32-30(33)19-20-31(32)34)18-17-25(24)21-22-35-36(27-11-5-2-6-12-27,28-13-7-3-8-14-28)29-15-9-4-10-16-29;19-20(16-10-4-1-5-11-16,17-12-6-2-7-13-17)18-14-8-3-9-15-18;1-9-8-11(15-12(16)4-5-13(15)17)3-2-10(9)6-7-20(14,18)19;1-9-8-11(3-2-10(9)6-7-17)14-12(15)4-5-13(14)16;1-3-10-4-5-11(8-9(10)2)14-12(15)6-7-13(14)16;1-2-6-3(4)5;1-5(2,3)4;;2-1-4-3/h2-18,23H,19-22H2,1H3;1-15,19H;2-3,8H,4-7H2,1H3;2-3,8,17H,4-7H2,1H3;3-5,8H,1,6-7H2,2H3;2-3H,1H3;;;3H/q;;;;;;;+1;/p-1. The van der Waals surface area contributed by atoms with Crippen LogP contribution in [0.25, 0.3) is 6.08 Å². The predicted octanol–water partition coefficient (Wildman–Crippen LogP) is 11.9. The first-order valence-electron chi connectivity index (χ1n) is 38.8. The molecule has 0 aromatic heterocycles. The van der Waals surface area contributed by atoms with Gasteiger partial charge in [0.2, 0.25) is 70.8 Å². The first-order chi connectivity index (χ1) is 59.1. The Kier molecular flexibility index (Phi) is 44.4. The Bertz CT molecular complexity index is 5360. The molecule has 0 aliphatic carbocycles. The van der Waals surface area contributed by atoms with Crippen LogP contribution in [0.4, 0.5) is 22.7 Å². The molecule has 125 heavy (non-hydrogen) atoms. The second kappa shape index (κ2) is 52.5. The molecule has 0 radical (unpaired) electrons. The average molecular weight is 1940 g/mol. The molecular formula is C91H92Cl5KN6O15S5Si2. The summed E-state index contributed by atoms with van der Waals surface area (Å²) in [5.74, 6) is 0.569. The summed E-state index contributed by atoms with van der Waals surface area (Å²) in [6.45, 7) is 13.3. The van der Waals surface area contributed by atoms with Gasteiger partial charge in [0.1, 0.15) is 5.34 Å². The van der Waals surface area contributed by atoms with Crippen LogP contribution in [0.15, 0.2) is 272 Å². The predicted molar refractivity (Wildman–Crippen MR) is 513 cm³/mol. The third kappa shape index (κ3) is 31.7. The third-order valence-corrected chi connectivity index (χ3v) is 35.5. The van der Waals surface area contributed by atoms with Crippen LogP contribution >= 0.6 is 91.2 Å². The van der Waals surface area contributed by atoms with Gasteiger partial charge in [0.15, 0.2) is 4.96 Å². The van der Waals surface area contributed by atoms with Crippen molar-refractivity contribution < 1.29 is 117 Å². The van der Waals surface area contributed by atoms with Gasteiger partial charge in [0, 0.05) is 83.4 Å². The minimum Gasteiger partial charge on any atom is -0.635 e. The van der Waals surface area contributed by atoms with E-state index in [0.717, 1.165) is 57.7 Å². The van der Waals surface area contributed by atoms with Crippen LogP contribution in [0.5, 0.6) is 0 Å². The number of alkyl halides is 2. The van der Waals surface area contributed by atoms with E-state index >= 15 is 0 Å². The molecule has 650 valence electrons. The second-order valence-electron chi connectivity index (χ2n) is 27.9. The summed E-state index contributed by atoms with van der Waals surface area (Å²) >= 11 is 21.8. The molecule has 4 aliphatic rings. The molecule has 4 fully saturated rings. The van der Waals surface area contributed by atoms with Gasteiger partial charge in [-0.05, 0) is 196 Å². The molecule has 0 spiro atoms. The zero-order chi connectivity index (χ0) is 90.7. The van der Waals surface area contributed by atoms with Crippen molar-refractivity contribution >= 4 is 236 Å². The summed E-state index contributed by atoms with van der Waals surface area (Å²) in [7, 11) is 1.96. The molecule has 0 saturated carbocycles. The molecule has 10 aromatic carbocycles. The van der Waals surface area contributed by atoms with Crippen LogP contribution in [-0.2, 0) is 79.9 Å². The number of carbonyl (C=O) groups is 8. The molecule has 14 rings (SSSR count). The molecule has 10 aromatic rings. The van der Waals surface area contributed by atoms with E-state index in [0.29, 0.717) is 67.7 Å². The Morgan fingerprint density at radius 3 is 0.928 bits per heavy atom. The van der Waals surface area contributed by atoms with Gasteiger partial charge in [-0.25, -0.2) is 8.42 Å². The summed E-state index contributed by atoms with van der Waals surface area (Å²) in [6.07, 6.45) is 7.83. The number of aliphatic imine (C=N–C) groups is 1. The summed E-state index contributed by atoms with van der Waals surface area (Å²) in [5.41, 5.74) is 11.0. The van der Waals surface area contributed by atoms with Gasteiger partial charge in [-0.15, -0.1) is 4.91 Å². The summed E-state index contributed by atoms with van der Waals surface area (Å²) in [6, 6.07) is 87.0. The smallest absolute Gasteiger partial charge is 0.635 e. The quantitative estimate of drug-likeness (QED) is 0.00545. The van der Waals surface area contributed by atoms with Gasteiger partial charge in [-0.3, -0.25) is 62.9 Å². The normalized spacial score (nSPS) is 13.7. The monoisotopic (exact) mass is 1940 g/mol. The fraction of sp³-hybridized carbons (Fsp3) is 0.220. The van der Waals surface area contributed by atoms with Crippen LogP contribution in [-0.4, -0.2) is 107 Å². The summed E-state index contributed by atoms with van der Waals surface area (Å²) in [5, 5.41) is 17.9. The largest absolute Gasteiger partial charge is 1.00 e. The van der Waals surface area contributed by atoms with Crippen molar-refractivity contribution in [1.82, 2.24) is 0 Å². The average Bonchev–Trinajstić information content (AvgIpc) is 1.58. The fourth-order valence-corrected chi connectivity index (χ4v) is 27.5. The number of hydrogen-bond donors (Lipinski definition) is 2. The molecule has 4 saturated heterocycles. The van der Waals surface area contributed by atoms with E-state index in [-0.39, 0.29) is 117 Å². The van der Waals surface area contributed by atoms with Gasteiger partial charge in [0.05, 0.1) is 28.5 Å². The molecule has 4 aliphatic heterocycles. The molecule has 0 N–H and O–H groups in total. The topological polar surface area (TPSA) is 292 Å². The van der Waals surface area contributed by atoms with Crippen LogP contribution in [0.3, 0.4) is 0 Å². The van der Waals surface area contributed by atoms with Gasteiger partial charge in [-0.1, -0.05) is 242 Å². The van der Waals surface area contributed by atoms with Crippen molar-refractivity contribution in [1.29, 1.82) is 0 Å². The number of carbonyl (C=O) groups excluding carboxylic acids is 8. The molecule has 8 amide bonds. The van der Waals surface area contributed by atoms with Crippen LogP contribution < -0.4 is 107 Å². The van der Waals surface area contributed by atoms with Crippen molar-refractivity contribution in [3.05, 3.63) is 311 Å². The number of hydrogen-bond acceptors (Lipinski definition) is 20. The van der Waals surface area contributed by atoms with E-state index in [2.05, 4.69) is 257 Å². The second-order valence-corrected chi connectivity index (χ2v) is 47.7. The molecule has 21 nitrogen and oxygen atoms in total. The zero-order valence-electron chi connectivity index (χ0n) is 69.4. The molecule has 0 bridgehead atoms. The Hall–Kier alpha value is -8.00. The summed E-state index contributed by atoms with van der Waals surface area (Å²) in [4.78, 5) is 113. The van der Waals surface area contributed by atoms with Crippen molar-refractivity contribution in [2.75, 3.05) is 36.9 Å². The molecule has 4 heterocycles. The molecule has 34 heteroatoms. The zero-order valence-corrected chi connectivity index (χ0v) is 82.5. The number of anilines is 4. The van der Waals surface area contributed by atoms with Gasteiger partial charge in [-0.2, -0.15) is 44.3 Å². The summed E-state index contributed by atoms with van der Waals surface area (Å²) < 4.78 is 40.2. The van der Waals surface area contributed by atoms with Gasteiger partial charge >= 0.3 is 59.6 Å². The number of benzene rings is 10. The number of amides is 8. The SMILES string of the molecule is C=Cc1ccc(N2C(=O)CCC2=O)cc1C.CC=NC(Cl)Cl.Cc1cc(N2C(=O)CCC2=O)ccc1CCS.Cc1cc(N2C(=O)CCC2=O)ccc1CCS(=O)(=O)Cl.Cc1cc(N2C(=O)CCC2=O)ccc1CCS[Si](c1ccccc1)(c1ccccc1)c1ccccc1.O=NO[O-].O=S(=O)(Cl)Cl.S[Si](c1ccccc1)(c1ccccc1)c1ccccc1.[K+]. The minimum absolute atomic E-state index is 0.